The van der Waals surface area contributed by atoms with E-state index in [0.29, 0.717) is 5.95 Å². The summed E-state index contributed by atoms with van der Waals surface area (Å²) in [5.41, 5.74) is 5.14. The zero-order valence-corrected chi connectivity index (χ0v) is 9.54. The third-order valence-electron chi connectivity index (χ3n) is 1.41. The van der Waals surface area contributed by atoms with Crippen LogP contribution in [-0.4, -0.2) is 49.6 Å². The minimum absolute atomic E-state index is 0. The van der Waals surface area contributed by atoms with E-state index in [-0.39, 0.29) is 36.1 Å². The van der Waals surface area contributed by atoms with Gasteiger partial charge in [0.1, 0.15) is 0 Å². The van der Waals surface area contributed by atoms with Gasteiger partial charge in [0, 0.05) is 26.6 Å². The maximum Gasteiger partial charge on any atom is 0.219 e. The second kappa shape index (κ2) is 19.1. The first-order valence-corrected chi connectivity index (χ1v) is 4.36. The van der Waals surface area contributed by atoms with Crippen molar-refractivity contribution in [1.29, 1.82) is 0 Å². The Bertz CT molecular complexity index is 242. The van der Waals surface area contributed by atoms with Crippen molar-refractivity contribution in [2.24, 2.45) is 0 Å². The van der Waals surface area contributed by atoms with Crippen molar-refractivity contribution in [2.45, 2.75) is 36.1 Å². The van der Waals surface area contributed by atoms with Crippen LogP contribution in [0.3, 0.4) is 0 Å². The summed E-state index contributed by atoms with van der Waals surface area (Å²) in [5, 5.41) is 0. The van der Waals surface area contributed by atoms with Gasteiger partial charge in [0.15, 0.2) is 0 Å². The molecule has 0 aromatic carbocycles. The summed E-state index contributed by atoms with van der Waals surface area (Å²) in [5.74, 6) is 0.322. The Morgan fingerprint density at radius 2 is 1.37 bits per heavy atom. The van der Waals surface area contributed by atoms with E-state index in [1.807, 2.05) is 19.0 Å². The Morgan fingerprint density at radius 3 is 1.47 bits per heavy atom. The molecule has 0 bridgehead atoms. The van der Waals surface area contributed by atoms with Gasteiger partial charge < -0.3 is 15.2 Å². The van der Waals surface area contributed by atoms with E-state index >= 15 is 0 Å². The van der Waals surface area contributed by atoms with Crippen LogP contribution in [-0.2, 0) is 9.47 Å². The number of hydrogen-bond donors (Lipinski definition) is 1. The van der Waals surface area contributed by atoms with Crippen LogP contribution in [0.4, 0.5) is 5.95 Å². The Labute approximate surface area is 120 Å². The van der Waals surface area contributed by atoms with Gasteiger partial charge in [-0.25, -0.2) is 9.97 Å². The van der Waals surface area contributed by atoms with Crippen LogP contribution in [0.25, 0.3) is 0 Å². The Hall–Kier alpha value is -1.24. The Kier molecular flexibility index (Phi) is 30.8. The largest absolute Gasteiger partial charge is 0.368 e. The second-order valence-corrected chi connectivity index (χ2v) is 2.85. The first kappa shape index (κ1) is 30.6. The summed E-state index contributed by atoms with van der Waals surface area (Å²) >= 11 is 0. The summed E-state index contributed by atoms with van der Waals surface area (Å²) in [6.45, 7) is 0. The van der Waals surface area contributed by atoms with E-state index in [4.69, 9.17) is 15.2 Å². The summed E-state index contributed by atoms with van der Waals surface area (Å²) < 4.78 is 9.73. The van der Waals surface area contributed by atoms with E-state index in [1.54, 1.807) is 32.7 Å². The molecule has 1 rings (SSSR count). The van der Waals surface area contributed by atoms with Crippen LogP contribution in [0.1, 0.15) is 29.7 Å². The minimum atomic E-state index is -0.213. The van der Waals surface area contributed by atoms with Crippen molar-refractivity contribution >= 4 is 5.95 Å². The molecule has 0 radical (unpaired) electrons. The van der Waals surface area contributed by atoms with Gasteiger partial charge in [0.25, 0.3) is 0 Å². The number of ether oxygens (including phenoxy) is 2. The predicted molar refractivity (Wildman–Crippen MR) is 84.9 cm³/mol. The quantitative estimate of drug-likeness (QED) is 0.857. The predicted octanol–water partition coefficient (Wildman–Crippen LogP) is 2.73. The molecule has 6 heteroatoms. The molecule has 1 heterocycles. The summed E-state index contributed by atoms with van der Waals surface area (Å²) in [4.78, 5) is 9.12. The highest BCUT2D eigenvalue weighted by molar-refractivity contribution is 5.11. The summed E-state index contributed by atoms with van der Waals surface area (Å²) in [7, 11) is 6.98. The highest BCUT2D eigenvalue weighted by Crippen LogP contribution is 1.91. The van der Waals surface area contributed by atoms with Crippen LogP contribution in [0.2, 0.25) is 0 Å². The number of rotatable bonds is 3. The van der Waals surface area contributed by atoms with Crippen molar-refractivity contribution in [1.82, 2.24) is 14.9 Å². The van der Waals surface area contributed by atoms with Crippen molar-refractivity contribution in [2.75, 3.05) is 34.0 Å². The van der Waals surface area contributed by atoms with Crippen LogP contribution in [0.15, 0.2) is 18.5 Å². The lowest BCUT2D eigenvalue weighted by Crippen LogP contribution is -2.30. The van der Waals surface area contributed by atoms with Crippen LogP contribution in [0.5, 0.6) is 0 Å². The molecule has 0 spiro atoms. The number of nitrogens with two attached hydrogens (primary N) is 1. The lowest BCUT2D eigenvalue weighted by Gasteiger charge is -2.19. The molecule has 19 heavy (non-hydrogen) atoms. The normalized spacial score (nSPS) is 7.89. The van der Waals surface area contributed by atoms with Gasteiger partial charge in [-0.2, -0.15) is 0 Å². The molecule has 0 atom stereocenters. The molecule has 0 amide bonds. The number of aromatic nitrogens is 2. The molecule has 2 N–H and O–H groups in total. The average molecular weight is 278 g/mol. The van der Waals surface area contributed by atoms with Gasteiger partial charge >= 0.3 is 0 Å². The lowest BCUT2D eigenvalue weighted by molar-refractivity contribution is -0.179. The maximum atomic E-state index is 5.14. The average Bonchev–Trinajstić information content (AvgIpc) is 2.21. The lowest BCUT2D eigenvalue weighted by atomic mass is 10.7. The Balaban J connectivity index is -0.0000000569. The fourth-order valence-electron chi connectivity index (χ4n) is 0.828. The zero-order valence-electron chi connectivity index (χ0n) is 9.54. The smallest absolute Gasteiger partial charge is 0.219 e. The summed E-state index contributed by atoms with van der Waals surface area (Å²) in [6.07, 6.45) is 2.99. The molecule has 0 saturated carbocycles. The van der Waals surface area contributed by atoms with E-state index in [1.165, 1.54) is 0 Å². The highest BCUT2D eigenvalue weighted by atomic mass is 16.7. The van der Waals surface area contributed by atoms with Crippen LogP contribution in [0, 0.1) is 0 Å². The molecule has 1 aromatic heterocycles. The van der Waals surface area contributed by atoms with Crippen molar-refractivity contribution < 1.29 is 9.47 Å². The number of hydrogen-bond acceptors (Lipinski definition) is 6. The number of anilines is 1. The molecular formula is C13H34N4O2. The first-order valence-electron chi connectivity index (χ1n) is 4.36. The van der Waals surface area contributed by atoms with Crippen molar-refractivity contribution in [3.63, 3.8) is 0 Å². The van der Waals surface area contributed by atoms with Gasteiger partial charge in [-0.05, 0) is 20.2 Å². The zero-order chi connectivity index (χ0) is 11.7. The molecule has 0 saturated heterocycles. The molecule has 1 aromatic rings. The SMILES string of the molecule is C.C.C.C.COC(OC)N(C)C.Nc1ncccn1. The minimum Gasteiger partial charge on any atom is -0.368 e. The molecular weight excluding hydrogens is 244 g/mol. The van der Waals surface area contributed by atoms with Gasteiger partial charge in [0.2, 0.25) is 12.4 Å². The number of nitrogen functional groups attached to an aromatic ring is 1. The standard InChI is InChI=1S/C5H13NO2.C4H5N3.4CH4/c1-6(2)5(7-3)8-4;5-4-6-2-1-3-7-4;;;;/h5H,1-4H3;1-3H,(H2,5,6,7);4*1H4. The van der Waals surface area contributed by atoms with Gasteiger partial charge in [-0.3, -0.25) is 4.90 Å². The molecule has 0 fully saturated rings. The van der Waals surface area contributed by atoms with Crippen molar-refractivity contribution in [3.05, 3.63) is 18.5 Å². The maximum absolute atomic E-state index is 5.14. The topological polar surface area (TPSA) is 73.5 Å². The first-order chi connectivity index (χ1) is 7.11. The highest BCUT2D eigenvalue weighted by Gasteiger charge is 2.04. The third-order valence-corrected chi connectivity index (χ3v) is 1.41. The number of methoxy groups -OCH3 is 2. The fourth-order valence-corrected chi connectivity index (χ4v) is 0.828. The van der Waals surface area contributed by atoms with E-state index < -0.39 is 0 Å². The van der Waals surface area contributed by atoms with Gasteiger partial charge in [-0.15, -0.1) is 0 Å². The summed E-state index contributed by atoms with van der Waals surface area (Å²) in [6, 6.07) is 1.72. The molecule has 0 aliphatic carbocycles. The molecule has 6 nitrogen and oxygen atoms in total. The molecule has 0 unspecified atom stereocenters. The van der Waals surface area contributed by atoms with E-state index in [0.717, 1.165) is 0 Å². The van der Waals surface area contributed by atoms with Crippen LogP contribution < -0.4 is 5.73 Å². The van der Waals surface area contributed by atoms with Crippen LogP contribution >= 0.6 is 0 Å². The molecule has 0 aliphatic rings. The van der Waals surface area contributed by atoms with E-state index in [2.05, 4.69) is 9.97 Å². The van der Waals surface area contributed by atoms with Crippen molar-refractivity contribution in [3.8, 4) is 0 Å². The number of nitrogens with zero attached hydrogens (tertiary/aromatic N) is 3. The monoisotopic (exact) mass is 278 g/mol. The fraction of sp³-hybridized carbons (Fsp3) is 0.692. The third kappa shape index (κ3) is 16.8. The van der Waals surface area contributed by atoms with Gasteiger partial charge in [0.05, 0.1) is 0 Å². The molecule has 0 aliphatic heterocycles. The second-order valence-electron chi connectivity index (χ2n) is 2.85. The Morgan fingerprint density at radius 1 is 1.00 bits per heavy atom. The molecule has 118 valence electrons. The van der Waals surface area contributed by atoms with Gasteiger partial charge in [-0.1, -0.05) is 29.7 Å². The van der Waals surface area contributed by atoms with E-state index in [9.17, 15) is 0 Å².